The van der Waals surface area contributed by atoms with E-state index in [2.05, 4.69) is 98.1 Å². The molecule has 0 saturated carbocycles. The Labute approximate surface area is 183 Å². The topological polar surface area (TPSA) is 0 Å². The summed E-state index contributed by atoms with van der Waals surface area (Å²) in [4.78, 5) is 0. The molecular weight excluding hydrogens is 407 g/mol. The number of rotatable bonds is 6. The van der Waals surface area contributed by atoms with E-state index in [0.717, 1.165) is 12.8 Å². The Hall–Kier alpha value is -1.31. The summed E-state index contributed by atoms with van der Waals surface area (Å²) in [7, 11) is 0. The molecule has 0 saturated heterocycles. The van der Waals surface area contributed by atoms with Gasteiger partial charge in [0, 0.05) is 0 Å². The molecule has 0 heterocycles. The summed E-state index contributed by atoms with van der Waals surface area (Å²) >= 11 is -0.440. The van der Waals surface area contributed by atoms with Crippen LogP contribution in [-0.4, -0.2) is 0 Å². The first-order chi connectivity index (χ1) is 12.2. The van der Waals surface area contributed by atoms with E-state index in [1.165, 1.54) is 22.3 Å². The maximum Gasteiger partial charge on any atom is -1.00 e. The van der Waals surface area contributed by atoms with Crippen molar-refractivity contribution in [2.24, 2.45) is 0 Å². The van der Waals surface area contributed by atoms with Crippen LogP contribution < -0.4 is 24.8 Å². The number of benzene rings is 2. The zero-order chi connectivity index (χ0) is 17.3. The third-order valence-electron chi connectivity index (χ3n) is 5.36. The van der Waals surface area contributed by atoms with Crippen LogP contribution in [0.3, 0.4) is 0 Å². The second-order valence-corrected chi connectivity index (χ2v) is 10.1. The number of hydrogen-bond acceptors (Lipinski definition) is 0. The largest absolute Gasteiger partial charge is 1.00 e. The molecule has 2 aliphatic carbocycles. The first-order valence-corrected chi connectivity index (χ1v) is 10.4. The fraction of sp³-hybridized carbons (Fsp3) is 0.167. The summed E-state index contributed by atoms with van der Waals surface area (Å²) in [6.07, 6.45) is 15.8. The van der Waals surface area contributed by atoms with Crippen molar-refractivity contribution < 1.29 is 44.0 Å². The summed E-state index contributed by atoms with van der Waals surface area (Å²) in [6.45, 7) is 8.16. The summed E-state index contributed by atoms with van der Waals surface area (Å²) in [5.41, 5.74) is 5.71. The van der Waals surface area contributed by atoms with Gasteiger partial charge in [-0.2, -0.15) is 0 Å². The van der Waals surface area contributed by atoms with Gasteiger partial charge in [-0.25, -0.2) is 0 Å². The van der Waals surface area contributed by atoms with Crippen molar-refractivity contribution in [3.8, 4) is 0 Å². The van der Waals surface area contributed by atoms with Crippen LogP contribution in [0.5, 0.6) is 0 Å². The van der Waals surface area contributed by atoms with Gasteiger partial charge in [0.2, 0.25) is 0 Å². The molecule has 0 bridgehead atoms. The normalized spacial score (nSPS) is 23.4. The first-order valence-electron chi connectivity index (χ1n) is 8.82. The smallest absolute Gasteiger partial charge is 1.00 e. The van der Waals surface area contributed by atoms with Crippen molar-refractivity contribution >= 4 is 12.2 Å². The molecule has 0 nitrogen and oxygen atoms in total. The van der Waals surface area contributed by atoms with E-state index in [4.69, 9.17) is 0 Å². The zero-order valence-electron chi connectivity index (χ0n) is 15.2. The minimum atomic E-state index is -0.440. The van der Waals surface area contributed by atoms with Crippen LogP contribution in [-0.2, 0) is 26.6 Å². The minimum Gasteiger partial charge on any atom is -1.00 e. The molecule has 2 aromatic carbocycles. The predicted octanol–water partition coefficient (Wildman–Crippen LogP) is 0.0737. The van der Waals surface area contributed by atoms with Crippen molar-refractivity contribution in [2.45, 2.75) is 20.3 Å². The second kappa shape index (κ2) is 8.80. The molecule has 0 amide bonds. The quantitative estimate of drug-likeness (QED) is 0.451. The van der Waals surface area contributed by atoms with Gasteiger partial charge in [0.1, 0.15) is 0 Å². The molecular formula is C24H22Cl2Ti. The Kier molecular flexibility index (Phi) is 7.17. The summed E-state index contributed by atoms with van der Waals surface area (Å²) < 4.78 is 0.256. The standard InChI is InChI=1S/2C12H11.2ClH.Ti/c2*1-2-5-10-8-9-11-6-3-4-7-12(10)11;;;/h2*2-4,6-9H,1,5H2;2*1H;/q;;;;+2/p-2. The van der Waals surface area contributed by atoms with Gasteiger partial charge in [0.15, 0.2) is 0 Å². The van der Waals surface area contributed by atoms with Crippen molar-refractivity contribution in [3.05, 3.63) is 108 Å². The molecule has 3 heteroatoms. The second-order valence-electron chi connectivity index (χ2n) is 6.89. The van der Waals surface area contributed by atoms with Crippen molar-refractivity contribution in [2.75, 3.05) is 0 Å². The predicted molar refractivity (Wildman–Crippen MR) is 104 cm³/mol. The van der Waals surface area contributed by atoms with Gasteiger partial charge >= 0.3 is 160 Å². The van der Waals surface area contributed by atoms with E-state index in [0.29, 0.717) is 0 Å². The van der Waals surface area contributed by atoms with E-state index in [1.54, 1.807) is 0 Å². The van der Waals surface area contributed by atoms with Gasteiger partial charge in [-0.15, -0.1) is 0 Å². The number of hydrogen-bond donors (Lipinski definition) is 0. The summed E-state index contributed by atoms with van der Waals surface area (Å²) in [6, 6.07) is 17.7. The van der Waals surface area contributed by atoms with E-state index in [1.807, 2.05) is 0 Å². The SMILES string of the molecule is C=CC[C]1([Ti+2][C]2(CC=C)C=Cc3ccccc32)C=Cc2ccccc21.[Cl-].[Cl-]. The first kappa shape index (κ1) is 22.0. The van der Waals surface area contributed by atoms with Crippen molar-refractivity contribution in [1.29, 1.82) is 0 Å². The third-order valence-corrected chi connectivity index (χ3v) is 8.75. The van der Waals surface area contributed by atoms with Gasteiger partial charge in [0.25, 0.3) is 0 Å². The van der Waals surface area contributed by atoms with E-state index < -0.39 is 19.2 Å². The monoisotopic (exact) mass is 428 g/mol. The summed E-state index contributed by atoms with van der Waals surface area (Å²) in [5, 5.41) is 0. The molecule has 0 N–H and O–H groups in total. The van der Waals surface area contributed by atoms with Crippen molar-refractivity contribution in [1.82, 2.24) is 0 Å². The van der Waals surface area contributed by atoms with Gasteiger partial charge in [-0.3, -0.25) is 0 Å². The van der Waals surface area contributed by atoms with E-state index >= 15 is 0 Å². The Bertz CT molecular complexity index is 825. The molecule has 0 fully saturated rings. The number of allylic oxidation sites excluding steroid dienone is 4. The van der Waals surface area contributed by atoms with Crippen LogP contribution in [0.1, 0.15) is 35.1 Å². The molecule has 2 atom stereocenters. The molecule has 0 aromatic heterocycles. The van der Waals surface area contributed by atoms with Gasteiger partial charge < -0.3 is 24.8 Å². The number of halogens is 2. The fourth-order valence-corrected chi connectivity index (χ4v) is 7.94. The Morgan fingerprint density at radius 2 is 1.11 bits per heavy atom. The molecule has 0 aliphatic heterocycles. The minimum absolute atomic E-state index is 0. The van der Waals surface area contributed by atoms with Crippen LogP contribution in [0.2, 0.25) is 0 Å². The van der Waals surface area contributed by atoms with Crippen LogP contribution >= 0.6 is 0 Å². The Morgan fingerprint density at radius 1 is 0.704 bits per heavy atom. The third kappa shape index (κ3) is 3.69. The molecule has 2 aromatic rings. The maximum absolute atomic E-state index is 4.08. The van der Waals surface area contributed by atoms with Crippen LogP contribution in [0.15, 0.2) is 86.0 Å². The molecule has 27 heavy (non-hydrogen) atoms. The molecule has 2 aliphatic rings. The van der Waals surface area contributed by atoms with Gasteiger partial charge in [-0.05, 0) is 0 Å². The van der Waals surface area contributed by atoms with E-state index in [9.17, 15) is 0 Å². The Morgan fingerprint density at radius 3 is 1.52 bits per heavy atom. The molecule has 0 spiro atoms. The molecule has 4 rings (SSSR count). The zero-order valence-corrected chi connectivity index (χ0v) is 18.2. The van der Waals surface area contributed by atoms with Crippen LogP contribution in [0, 0.1) is 0 Å². The van der Waals surface area contributed by atoms with Crippen LogP contribution in [0.25, 0.3) is 12.2 Å². The average molecular weight is 429 g/mol. The Balaban J connectivity index is 0.00000131. The fourth-order valence-electron chi connectivity index (χ4n) is 4.27. The average Bonchev–Trinajstić information content (AvgIpc) is 3.17. The van der Waals surface area contributed by atoms with Crippen LogP contribution in [0.4, 0.5) is 0 Å². The number of fused-ring (bicyclic) bond motifs is 2. The van der Waals surface area contributed by atoms with Crippen molar-refractivity contribution in [3.63, 3.8) is 0 Å². The molecule has 2 unspecified atom stereocenters. The molecule has 0 radical (unpaired) electrons. The molecule has 136 valence electrons. The maximum atomic E-state index is 4.08. The summed E-state index contributed by atoms with van der Waals surface area (Å²) in [5.74, 6) is 0. The van der Waals surface area contributed by atoms with Gasteiger partial charge in [-0.1, -0.05) is 0 Å². The van der Waals surface area contributed by atoms with E-state index in [-0.39, 0.29) is 32.3 Å². The van der Waals surface area contributed by atoms with Gasteiger partial charge in [0.05, 0.1) is 0 Å².